The fourth-order valence-corrected chi connectivity index (χ4v) is 3.13. The van der Waals surface area contributed by atoms with Gasteiger partial charge in [0.1, 0.15) is 11.5 Å². The number of carbonyl (C=O) groups is 1. The molecule has 1 aliphatic rings. The van der Waals surface area contributed by atoms with E-state index in [-0.39, 0.29) is 18.0 Å². The van der Waals surface area contributed by atoms with Crippen LogP contribution < -0.4 is 10.2 Å². The predicted octanol–water partition coefficient (Wildman–Crippen LogP) is 1.72. The van der Waals surface area contributed by atoms with Crippen molar-refractivity contribution < 1.29 is 4.79 Å². The Balaban J connectivity index is 1.89. The van der Waals surface area contributed by atoms with E-state index in [1.54, 1.807) is 4.68 Å². The molecule has 0 saturated carbocycles. The number of nitrogens with one attached hydrogen (secondary N) is 1. The number of carbonyl (C=O) groups excluding carboxylic acids is 1. The van der Waals surface area contributed by atoms with E-state index in [2.05, 4.69) is 10.4 Å². The summed E-state index contributed by atoms with van der Waals surface area (Å²) in [5.41, 5.74) is 2.75. The van der Waals surface area contributed by atoms with E-state index >= 15 is 0 Å². The second-order valence-corrected chi connectivity index (χ2v) is 7.68. The number of hydrogen-bond donors (Lipinski definition) is 1. The molecule has 2 aromatic heterocycles. The van der Waals surface area contributed by atoms with Crippen molar-refractivity contribution in [1.82, 2.24) is 25.1 Å². The molecule has 1 N–H and O–H groups in total. The molecule has 0 radical (unpaired) electrons. The smallest absolute Gasteiger partial charge is 0.239 e. The highest BCUT2D eigenvalue weighted by Gasteiger charge is 2.24. The molecule has 0 saturated heterocycles. The van der Waals surface area contributed by atoms with Gasteiger partial charge in [-0.15, -0.1) is 0 Å². The number of aryl methyl sites for hydroxylation is 2. The maximum Gasteiger partial charge on any atom is 0.239 e. The molecule has 3 rings (SSSR count). The number of hydrogen-bond acceptors (Lipinski definition) is 5. The van der Waals surface area contributed by atoms with Crippen molar-refractivity contribution in [3.05, 3.63) is 23.5 Å². The van der Waals surface area contributed by atoms with Gasteiger partial charge in [-0.1, -0.05) is 0 Å². The Morgan fingerprint density at radius 3 is 2.72 bits per heavy atom. The summed E-state index contributed by atoms with van der Waals surface area (Å²) in [5.74, 6) is 1.45. The summed E-state index contributed by atoms with van der Waals surface area (Å²) in [6.07, 6.45) is 4.86. The summed E-state index contributed by atoms with van der Waals surface area (Å²) in [5, 5.41) is 7.41. The molecule has 134 valence electrons. The first kappa shape index (κ1) is 17.4. The molecule has 2 heterocycles. The number of fused-ring (bicyclic) bond motifs is 1. The molecule has 1 amide bonds. The van der Waals surface area contributed by atoms with Crippen molar-refractivity contribution in [3.8, 4) is 11.5 Å². The van der Waals surface area contributed by atoms with Gasteiger partial charge < -0.3 is 10.2 Å². The van der Waals surface area contributed by atoms with Crippen molar-refractivity contribution in [1.29, 1.82) is 0 Å². The molecule has 0 bridgehead atoms. The fraction of sp³-hybridized carbons (Fsp3) is 0.556. The largest absolute Gasteiger partial charge is 0.350 e. The first-order chi connectivity index (χ1) is 11.7. The van der Waals surface area contributed by atoms with Gasteiger partial charge in [-0.2, -0.15) is 5.10 Å². The van der Waals surface area contributed by atoms with E-state index in [0.29, 0.717) is 5.82 Å². The van der Waals surface area contributed by atoms with E-state index in [1.165, 1.54) is 0 Å². The highest BCUT2D eigenvalue weighted by molar-refractivity contribution is 5.82. The van der Waals surface area contributed by atoms with Crippen LogP contribution in [0.15, 0.2) is 12.3 Å². The Morgan fingerprint density at radius 1 is 1.32 bits per heavy atom. The van der Waals surface area contributed by atoms with Crippen molar-refractivity contribution in [3.63, 3.8) is 0 Å². The molecule has 0 atom stereocenters. The predicted molar refractivity (Wildman–Crippen MR) is 97.4 cm³/mol. The Labute approximate surface area is 148 Å². The molecule has 0 aliphatic heterocycles. The van der Waals surface area contributed by atoms with E-state index in [9.17, 15) is 4.79 Å². The van der Waals surface area contributed by atoms with Crippen LogP contribution in [0.4, 0.5) is 5.82 Å². The summed E-state index contributed by atoms with van der Waals surface area (Å²) in [6.45, 7) is 6.20. The van der Waals surface area contributed by atoms with Crippen molar-refractivity contribution >= 4 is 11.7 Å². The summed E-state index contributed by atoms with van der Waals surface area (Å²) in [7, 11) is 3.78. The molecule has 0 aromatic carbocycles. The van der Waals surface area contributed by atoms with Gasteiger partial charge in [0.05, 0.1) is 6.54 Å². The zero-order chi connectivity index (χ0) is 18.2. The van der Waals surface area contributed by atoms with Gasteiger partial charge in [-0.25, -0.2) is 9.97 Å². The average Bonchev–Trinajstić information content (AvgIpc) is 3.12. The maximum absolute atomic E-state index is 12.3. The van der Waals surface area contributed by atoms with Crippen LogP contribution in [-0.2, 0) is 24.7 Å². The van der Waals surface area contributed by atoms with Crippen LogP contribution in [0.3, 0.4) is 0 Å². The minimum Gasteiger partial charge on any atom is -0.350 e. The van der Waals surface area contributed by atoms with E-state index in [0.717, 1.165) is 42.0 Å². The van der Waals surface area contributed by atoms with E-state index < -0.39 is 0 Å². The molecule has 0 unspecified atom stereocenters. The van der Waals surface area contributed by atoms with Gasteiger partial charge in [0, 0.05) is 37.1 Å². The van der Waals surface area contributed by atoms with Gasteiger partial charge in [-0.3, -0.25) is 9.48 Å². The van der Waals surface area contributed by atoms with Gasteiger partial charge in [0.15, 0.2) is 5.82 Å². The molecule has 25 heavy (non-hydrogen) atoms. The SMILES string of the molecule is CN(CC(=O)NC(C)(C)C)c1nc(-c2ccn(C)n2)nc2c1CCC2. The normalized spacial score (nSPS) is 13.6. The third-order valence-electron chi connectivity index (χ3n) is 4.11. The van der Waals surface area contributed by atoms with Crippen molar-refractivity contribution in [2.75, 3.05) is 18.5 Å². The first-order valence-electron chi connectivity index (χ1n) is 8.65. The van der Waals surface area contributed by atoms with Crippen molar-refractivity contribution in [2.24, 2.45) is 7.05 Å². The van der Waals surface area contributed by atoms with Crippen LogP contribution in [0.1, 0.15) is 38.4 Å². The molecule has 0 spiro atoms. The fourth-order valence-electron chi connectivity index (χ4n) is 3.13. The van der Waals surface area contributed by atoms with Crippen LogP contribution in [0.2, 0.25) is 0 Å². The highest BCUT2D eigenvalue weighted by atomic mass is 16.2. The Bertz CT molecular complexity index is 789. The summed E-state index contributed by atoms with van der Waals surface area (Å²) < 4.78 is 1.74. The quantitative estimate of drug-likeness (QED) is 0.915. The topological polar surface area (TPSA) is 75.9 Å². The lowest BCUT2D eigenvalue weighted by Gasteiger charge is -2.25. The number of anilines is 1. The maximum atomic E-state index is 12.3. The number of likely N-dealkylation sites (N-methyl/N-ethyl adjacent to an activating group) is 1. The number of amides is 1. The van der Waals surface area contributed by atoms with Crippen LogP contribution in [0.5, 0.6) is 0 Å². The van der Waals surface area contributed by atoms with E-state index in [1.807, 2.05) is 52.0 Å². The molecule has 7 nitrogen and oxygen atoms in total. The number of rotatable bonds is 4. The van der Waals surface area contributed by atoms with Crippen molar-refractivity contribution in [2.45, 2.75) is 45.6 Å². The lowest BCUT2D eigenvalue weighted by molar-refractivity contribution is -0.121. The first-order valence-corrected chi connectivity index (χ1v) is 8.65. The minimum absolute atomic E-state index is 0.0141. The van der Waals surface area contributed by atoms with E-state index in [4.69, 9.17) is 9.97 Å². The average molecular weight is 342 g/mol. The van der Waals surface area contributed by atoms with Gasteiger partial charge in [-0.05, 0) is 46.1 Å². The third kappa shape index (κ3) is 3.97. The molecule has 1 aliphatic carbocycles. The summed E-state index contributed by atoms with van der Waals surface area (Å²) >= 11 is 0. The van der Waals surface area contributed by atoms with Gasteiger partial charge >= 0.3 is 0 Å². The molecule has 2 aromatic rings. The second-order valence-electron chi connectivity index (χ2n) is 7.68. The Hall–Kier alpha value is -2.44. The number of aromatic nitrogens is 4. The van der Waals surface area contributed by atoms with Gasteiger partial charge in [0.2, 0.25) is 5.91 Å². The monoisotopic (exact) mass is 342 g/mol. The van der Waals surface area contributed by atoms with Crippen LogP contribution in [-0.4, -0.2) is 44.8 Å². The molecular formula is C18H26N6O. The Morgan fingerprint density at radius 2 is 2.08 bits per heavy atom. The molecular weight excluding hydrogens is 316 g/mol. The lowest BCUT2D eigenvalue weighted by atomic mass is 10.1. The van der Waals surface area contributed by atoms with Gasteiger partial charge in [0.25, 0.3) is 0 Å². The molecule has 0 fully saturated rings. The standard InChI is InChI=1S/C18H26N6O/c1-18(2,3)21-15(25)11-23(4)17-12-7-6-8-13(12)19-16(20-17)14-9-10-24(5)22-14/h9-10H,6-8,11H2,1-5H3,(H,21,25). The zero-order valence-corrected chi connectivity index (χ0v) is 15.6. The summed E-state index contributed by atoms with van der Waals surface area (Å²) in [4.78, 5) is 23.6. The second kappa shape index (κ2) is 6.46. The van der Waals surface area contributed by atoms with Crippen LogP contribution >= 0.6 is 0 Å². The minimum atomic E-state index is -0.245. The highest BCUT2D eigenvalue weighted by Crippen LogP contribution is 2.30. The third-order valence-corrected chi connectivity index (χ3v) is 4.11. The zero-order valence-electron chi connectivity index (χ0n) is 15.6. The number of nitrogens with zero attached hydrogens (tertiary/aromatic N) is 5. The summed E-state index contributed by atoms with van der Waals surface area (Å²) in [6, 6.07) is 1.91. The van der Waals surface area contributed by atoms with Crippen LogP contribution in [0.25, 0.3) is 11.5 Å². The Kier molecular flexibility index (Phi) is 4.49. The van der Waals surface area contributed by atoms with Crippen LogP contribution in [0, 0.1) is 0 Å². The molecule has 7 heteroatoms. The lowest BCUT2D eigenvalue weighted by Crippen LogP contribution is -2.45.